The number of nitrogens with zero attached hydrogens (tertiary/aromatic N) is 1. The van der Waals surface area contributed by atoms with E-state index in [-0.39, 0.29) is 11.6 Å². The Balaban J connectivity index is 1.95. The average Bonchev–Trinajstić information content (AvgIpc) is 3.23. The fourth-order valence-electron chi connectivity index (χ4n) is 2.06. The third kappa shape index (κ3) is 3.98. The highest BCUT2D eigenvalue weighted by Crippen LogP contribution is 2.30. The number of hydrogen-bond donors (Lipinski definition) is 2. The molecule has 0 bridgehead atoms. The van der Waals surface area contributed by atoms with Gasteiger partial charge in [0.1, 0.15) is 0 Å². The Morgan fingerprint density at radius 2 is 1.95 bits per heavy atom. The summed E-state index contributed by atoms with van der Waals surface area (Å²) in [6.07, 6.45) is 3.35. The van der Waals surface area contributed by atoms with Crippen LogP contribution in [0.1, 0.15) is 36.5 Å². The number of amides is 2. The van der Waals surface area contributed by atoms with Crippen molar-refractivity contribution in [2.45, 2.75) is 26.2 Å². The van der Waals surface area contributed by atoms with E-state index in [1.54, 1.807) is 12.1 Å². The van der Waals surface area contributed by atoms with E-state index in [9.17, 15) is 9.59 Å². The Labute approximate surface area is 118 Å². The van der Waals surface area contributed by atoms with Crippen molar-refractivity contribution in [2.75, 3.05) is 18.4 Å². The zero-order chi connectivity index (χ0) is 14.5. The topological polar surface area (TPSA) is 69.6 Å². The molecule has 5 heteroatoms. The van der Waals surface area contributed by atoms with E-state index in [4.69, 9.17) is 5.11 Å². The lowest BCUT2D eigenvalue weighted by atomic mass is 10.2. The summed E-state index contributed by atoms with van der Waals surface area (Å²) in [5.41, 5.74) is 0.836. The van der Waals surface area contributed by atoms with Crippen molar-refractivity contribution in [2.24, 2.45) is 5.92 Å². The standard InChI is InChI=1S/C15H20N2O3/c1-2-9-17(10-11-3-4-11)15(20)16-13-7-5-12(6-8-13)14(18)19/h5-8,11H,2-4,9-10H2,1H3,(H,16,20)(H,18,19). The van der Waals surface area contributed by atoms with Crippen LogP contribution in [0.2, 0.25) is 0 Å². The van der Waals surface area contributed by atoms with Crippen LogP contribution < -0.4 is 5.32 Å². The van der Waals surface area contributed by atoms with Gasteiger partial charge in [-0.2, -0.15) is 0 Å². The Kier molecular flexibility index (Phi) is 4.61. The summed E-state index contributed by atoms with van der Waals surface area (Å²) >= 11 is 0. The maximum atomic E-state index is 12.2. The van der Waals surface area contributed by atoms with Crippen molar-refractivity contribution in [3.05, 3.63) is 29.8 Å². The Morgan fingerprint density at radius 3 is 2.45 bits per heavy atom. The number of carbonyl (C=O) groups excluding carboxylic acids is 1. The molecule has 1 saturated carbocycles. The lowest BCUT2D eigenvalue weighted by molar-refractivity contribution is 0.0697. The van der Waals surface area contributed by atoms with E-state index in [1.165, 1.54) is 25.0 Å². The van der Waals surface area contributed by atoms with E-state index in [0.717, 1.165) is 19.5 Å². The van der Waals surface area contributed by atoms with Gasteiger partial charge in [0, 0.05) is 18.8 Å². The van der Waals surface area contributed by atoms with Crippen LogP contribution in [-0.4, -0.2) is 35.1 Å². The number of carboxylic acid groups (broad SMARTS) is 1. The van der Waals surface area contributed by atoms with Gasteiger partial charge in [-0.05, 0) is 49.4 Å². The lowest BCUT2D eigenvalue weighted by Gasteiger charge is -2.22. The van der Waals surface area contributed by atoms with Crippen LogP contribution >= 0.6 is 0 Å². The number of rotatable bonds is 6. The van der Waals surface area contributed by atoms with E-state index in [2.05, 4.69) is 12.2 Å². The summed E-state index contributed by atoms with van der Waals surface area (Å²) in [4.78, 5) is 24.8. The maximum Gasteiger partial charge on any atom is 0.335 e. The molecule has 2 amide bonds. The minimum absolute atomic E-state index is 0.109. The van der Waals surface area contributed by atoms with Gasteiger partial charge in [-0.3, -0.25) is 0 Å². The number of nitrogens with one attached hydrogen (secondary N) is 1. The predicted molar refractivity (Wildman–Crippen MR) is 77.0 cm³/mol. The second-order valence-corrected chi connectivity index (χ2v) is 5.20. The molecular weight excluding hydrogens is 256 g/mol. The normalized spacial score (nSPS) is 13.8. The first kappa shape index (κ1) is 14.4. The van der Waals surface area contributed by atoms with E-state index < -0.39 is 5.97 Å². The minimum Gasteiger partial charge on any atom is -0.478 e. The molecule has 2 rings (SSSR count). The Hall–Kier alpha value is -2.04. The number of benzene rings is 1. The van der Waals surface area contributed by atoms with Gasteiger partial charge in [-0.25, -0.2) is 9.59 Å². The largest absolute Gasteiger partial charge is 0.478 e. The van der Waals surface area contributed by atoms with Crippen molar-refractivity contribution >= 4 is 17.7 Å². The van der Waals surface area contributed by atoms with Crippen LogP contribution in [0, 0.1) is 5.92 Å². The molecule has 0 radical (unpaired) electrons. The van der Waals surface area contributed by atoms with Crippen molar-refractivity contribution in [1.82, 2.24) is 4.90 Å². The SMILES string of the molecule is CCCN(CC1CC1)C(=O)Nc1ccc(C(=O)O)cc1. The van der Waals surface area contributed by atoms with E-state index >= 15 is 0 Å². The molecule has 1 aromatic carbocycles. The van der Waals surface area contributed by atoms with Crippen LogP contribution in [0.4, 0.5) is 10.5 Å². The molecule has 108 valence electrons. The zero-order valence-corrected chi connectivity index (χ0v) is 11.6. The molecule has 0 unspecified atom stereocenters. The maximum absolute atomic E-state index is 12.2. The molecule has 2 N–H and O–H groups in total. The first-order valence-electron chi connectivity index (χ1n) is 6.99. The summed E-state index contributed by atoms with van der Waals surface area (Å²) < 4.78 is 0. The first-order valence-corrected chi connectivity index (χ1v) is 6.99. The monoisotopic (exact) mass is 276 g/mol. The lowest BCUT2D eigenvalue weighted by Crippen LogP contribution is -2.37. The highest BCUT2D eigenvalue weighted by Gasteiger charge is 2.26. The summed E-state index contributed by atoms with van der Waals surface area (Å²) in [6.45, 7) is 3.61. The molecule has 0 spiro atoms. The third-order valence-corrected chi connectivity index (χ3v) is 3.34. The fraction of sp³-hybridized carbons (Fsp3) is 0.467. The molecule has 0 aliphatic heterocycles. The van der Waals surface area contributed by atoms with Crippen molar-refractivity contribution in [3.63, 3.8) is 0 Å². The predicted octanol–water partition coefficient (Wildman–Crippen LogP) is 3.04. The van der Waals surface area contributed by atoms with Crippen LogP contribution in [0.25, 0.3) is 0 Å². The highest BCUT2D eigenvalue weighted by atomic mass is 16.4. The third-order valence-electron chi connectivity index (χ3n) is 3.34. The molecule has 1 aromatic rings. The molecule has 0 atom stereocenters. The van der Waals surface area contributed by atoms with Gasteiger partial charge in [0.15, 0.2) is 0 Å². The smallest absolute Gasteiger partial charge is 0.335 e. The quantitative estimate of drug-likeness (QED) is 0.839. The zero-order valence-electron chi connectivity index (χ0n) is 11.6. The Bertz CT molecular complexity index is 480. The van der Waals surface area contributed by atoms with Gasteiger partial charge in [0.25, 0.3) is 0 Å². The molecule has 1 aliphatic carbocycles. The second kappa shape index (κ2) is 6.41. The van der Waals surface area contributed by atoms with Crippen LogP contribution in [0.5, 0.6) is 0 Å². The number of urea groups is 1. The van der Waals surface area contributed by atoms with Crippen molar-refractivity contribution in [1.29, 1.82) is 0 Å². The van der Waals surface area contributed by atoms with Gasteiger partial charge in [0.2, 0.25) is 0 Å². The summed E-state index contributed by atoms with van der Waals surface area (Å²) in [5.74, 6) is -0.314. The number of carboxylic acids is 1. The van der Waals surface area contributed by atoms with Crippen molar-refractivity contribution in [3.8, 4) is 0 Å². The van der Waals surface area contributed by atoms with Gasteiger partial charge in [-0.15, -0.1) is 0 Å². The molecule has 0 heterocycles. The van der Waals surface area contributed by atoms with E-state index in [1.807, 2.05) is 4.90 Å². The average molecular weight is 276 g/mol. The van der Waals surface area contributed by atoms with Gasteiger partial charge < -0.3 is 15.3 Å². The molecule has 0 aromatic heterocycles. The number of aromatic carboxylic acids is 1. The summed E-state index contributed by atoms with van der Waals surface area (Å²) in [5, 5.41) is 11.6. The van der Waals surface area contributed by atoms with Gasteiger partial charge in [-0.1, -0.05) is 6.92 Å². The molecule has 5 nitrogen and oxygen atoms in total. The summed E-state index contributed by atoms with van der Waals surface area (Å²) in [7, 11) is 0. The second-order valence-electron chi connectivity index (χ2n) is 5.20. The minimum atomic E-state index is -0.968. The van der Waals surface area contributed by atoms with Crippen LogP contribution in [0.15, 0.2) is 24.3 Å². The van der Waals surface area contributed by atoms with Crippen molar-refractivity contribution < 1.29 is 14.7 Å². The summed E-state index contributed by atoms with van der Waals surface area (Å²) in [6, 6.07) is 6.10. The molecule has 1 fully saturated rings. The van der Waals surface area contributed by atoms with Gasteiger partial charge in [0.05, 0.1) is 5.56 Å². The molecule has 1 aliphatic rings. The number of anilines is 1. The first-order chi connectivity index (χ1) is 9.60. The van der Waals surface area contributed by atoms with Crippen LogP contribution in [0.3, 0.4) is 0 Å². The highest BCUT2D eigenvalue weighted by molar-refractivity contribution is 5.91. The fourth-order valence-corrected chi connectivity index (χ4v) is 2.06. The number of hydrogen-bond acceptors (Lipinski definition) is 2. The Morgan fingerprint density at radius 1 is 1.30 bits per heavy atom. The number of carbonyl (C=O) groups is 2. The van der Waals surface area contributed by atoms with Crippen LogP contribution in [-0.2, 0) is 0 Å². The van der Waals surface area contributed by atoms with E-state index in [0.29, 0.717) is 11.6 Å². The molecule has 0 saturated heterocycles. The molecule has 20 heavy (non-hydrogen) atoms. The van der Waals surface area contributed by atoms with Gasteiger partial charge >= 0.3 is 12.0 Å². The molecular formula is C15H20N2O3.